The van der Waals surface area contributed by atoms with Crippen molar-refractivity contribution in [3.05, 3.63) is 72.9 Å². The van der Waals surface area contributed by atoms with E-state index in [2.05, 4.69) is 80.7 Å². The van der Waals surface area contributed by atoms with E-state index in [1.807, 2.05) is 6.08 Å². The van der Waals surface area contributed by atoms with Crippen LogP contribution in [0.2, 0.25) is 0 Å². The zero-order chi connectivity index (χ0) is 37.8. The lowest BCUT2D eigenvalue weighted by Gasteiger charge is -2.14. The summed E-state index contributed by atoms with van der Waals surface area (Å²) in [6.45, 7) is 4.43. The molecule has 0 fully saturated rings. The maximum absolute atomic E-state index is 12.6. The first-order chi connectivity index (χ1) is 25.6. The van der Waals surface area contributed by atoms with Gasteiger partial charge in [0.1, 0.15) is 6.10 Å². The Labute approximate surface area is 322 Å². The van der Waals surface area contributed by atoms with Gasteiger partial charge in [-0.25, -0.2) is 0 Å². The van der Waals surface area contributed by atoms with Gasteiger partial charge in [0.2, 0.25) is 0 Å². The summed E-state index contributed by atoms with van der Waals surface area (Å²) in [5.74, 6) is -0.913. The highest BCUT2D eigenvalue weighted by Gasteiger charge is 2.12. The van der Waals surface area contributed by atoms with E-state index in [4.69, 9.17) is 9.84 Å². The van der Waals surface area contributed by atoms with Crippen molar-refractivity contribution in [2.75, 3.05) is 0 Å². The summed E-state index contributed by atoms with van der Waals surface area (Å²) >= 11 is 0. The maximum Gasteiger partial charge on any atom is 0.306 e. The van der Waals surface area contributed by atoms with Crippen LogP contribution in [0.1, 0.15) is 213 Å². The van der Waals surface area contributed by atoms with Crippen molar-refractivity contribution in [2.24, 2.45) is 0 Å². The molecule has 1 N–H and O–H groups in total. The number of rotatable bonds is 39. The van der Waals surface area contributed by atoms with Crippen LogP contribution in [-0.4, -0.2) is 23.1 Å². The molecule has 0 rings (SSSR count). The second-order valence-corrected chi connectivity index (χ2v) is 14.5. The molecule has 52 heavy (non-hydrogen) atoms. The monoisotopic (exact) mass is 723 g/mol. The molecule has 0 aromatic heterocycles. The molecule has 0 aliphatic carbocycles. The van der Waals surface area contributed by atoms with Gasteiger partial charge in [0.05, 0.1) is 0 Å². The summed E-state index contributed by atoms with van der Waals surface area (Å²) < 4.78 is 5.80. The minimum absolute atomic E-state index is 0.136. The van der Waals surface area contributed by atoms with Crippen LogP contribution in [0.3, 0.4) is 0 Å². The third kappa shape index (κ3) is 41.8. The summed E-state index contributed by atoms with van der Waals surface area (Å²) in [6.07, 6.45) is 60.9. The van der Waals surface area contributed by atoms with Crippen LogP contribution in [0.15, 0.2) is 72.9 Å². The zero-order valence-electron chi connectivity index (χ0n) is 34.1. The van der Waals surface area contributed by atoms with Crippen LogP contribution >= 0.6 is 0 Å². The van der Waals surface area contributed by atoms with Crippen molar-refractivity contribution in [3.8, 4) is 0 Å². The summed E-state index contributed by atoms with van der Waals surface area (Å²) in [7, 11) is 0. The van der Waals surface area contributed by atoms with Gasteiger partial charge in [-0.05, 0) is 89.5 Å². The van der Waals surface area contributed by atoms with Crippen molar-refractivity contribution >= 4 is 11.9 Å². The molecule has 0 saturated heterocycles. The lowest BCUT2D eigenvalue weighted by atomic mass is 10.0. The lowest BCUT2D eigenvalue weighted by Crippen LogP contribution is -2.16. The van der Waals surface area contributed by atoms with Crippen LogP contribution in [0.4, 0.5) is 0 Å². The first-order valence-corrected chi connectivity index (χ1v) is 21.9. The number of carbonyl (C=O) groups is 2. The molecule has 0 aliphatic rings. The van der Waals surface area contributed by atoms with Gasteiger partial charge in [0, 0.05) is 12.8 Å². The van der Waals surface area contributed by atoms with E-state index in [0.717, 1.165) is 51.4 Å². The van der Waals surface area contributed by atoms with Crippen molar-refractivity contribution < 1.29 is 19.4 Å². The summed E-state index contributed by atoms with van der Waals surface area (Å²) in [5, 5.41) is 8.95. The Morgan fingerprint density at radius 3 is 1.33 bits per heavy atom. The molecule has 0 saturated carbocycles. The molecule has 4 nitrogen and oxygen atoms in total. The SMILES string of the molecule is CC/C=C\C/C=C\C/C=C\C/C=C\C/C=C\C(CCCCC(=O)O)OC(=O)CCCCCCCCCCCCC/C=C\CCCCCCCCCC. The number of hydrogen-bond acceptors (Lipinski definition) is 3. The highest BCUT2D eigenvalue weighted by molar-refractivity contribution is 5.69. The largest absolute Gasteiger partial charge is 0.481 e. The predicted octanol–water partition coefficient (Wildman–Crippen LogP) is 15.5. The number of ether oxygens (including phenoxy) is 1. The first kappa shape index (κ1) is 49.4. The standard InChI is InChI=1S/C48H82O4/c1-3-5-7-9-11-13-15-17-19-20-21-22-23-24-25-26-27-29-31-33-35-37-39-45-48(51)52-46(43-40-41-44-47(49)50)42-38-36-34-32-30-28-18-16-14-12-10-8-6-4-2/h6,8,12,14,18,20-21,28,32,34,38,42,46H,3-5,7,9-11,13,15-17,19,22-27,29-31,33,35-37,39-41,43-45H2,1-2H3,(H,49,50)/b8-6-,14-12-,21-20-,28-18-,34-32-,42-38-. The van der Waals surface area contributed by atoms with Crippen LogP contribution in [-0.2, 0) is 14.3 Å². The van der Waals surface area contributed by atoms with Crippen LogP contribution in [0, 0.1) is 0 Å². The Balaban J connectivity index is 3.91. The molecular weight excluding hydrogens is 641 g/mol. The Kier molecular flexibility index (Phi) is 40.6. The molecular formula is C48H82O4. The van der Waals surface area contributed by atoms with E-state index in [1.54, 1.807) is 0 Å². The average molecular weight is 723 g/mol. The molecule has 0 aromatic carbocycles. The minimum atomic E-state index is -0.776. The van der Waals surface area contributed by atoms with Gasteiger partial charge in [-0.15, -0.1) is 0 Å². The number of aliphatic carboxylic acids is 1. The van der Waals surface area contributed by atoms with E-state index < -0.39 is 5.97 Å². The minimum Gasteiger partial charge on any atom is -0.481 e. The fraction of sp³-hybridized carbons (Fsp3) is 0.708. The first-order valence-electron chi connectivity index (χ1n) is 21.9. The van der Waals surface area contributed by atoms with E-state index in [-0.39, 0.29) is 18.5 Å². The van der Waals surface area contributed by atoms with Crippen LogP contribution in [0.5, 0.6) is 0 Å². The Morgan fingerprint density at radius 2 is 0.865 bits per heavy atom. The summed E-state index contributed by atoms with van der Waals surface area (Å²) in [4.78, 5) is 23.5. The molecule has 0 bridgehead atoms. The molecule has 0 amide bonds. The maximum atomic E-state index is 12.6. The van der Waals surface area contributed by atoms with E-state index in [1.165, 1.54) is 122 Å². The molecule has 0 spiro atoms. The van der Waals surface area contributed by atoms with Gasteiger partial charge in [-0.1, -0.05) is 183 Å². The molecule has 4 heteroatoms. The Hall–Kier alpha value is -2.62. The van der Waals surface area contributed by atoms with Crippen molar-refractivity contribution in [2.45, 2.75) is 219 Å². The second-order valence-electron chi connectivity index (χ2n) is 14.5. The fourth-order valence-electron chi connectivity index (χ4n) is 6.18. The highest BCUT2D eigenvalue weighted by atomic mass is 16.5. The Bertz CT molecular complexity index is 953. The van der Waals surface area contributed by atoms with Crippen molar-refractivity contribution in [1.82, 2.24) is 0 Å². The van der Waals surface area contributed by atoms with E-state index in [9.17, 15) is 9.59 Å². The van der Waals surface area contributed by atoms with Gasteiger partial charge in [-0.3, -0.25) is 9.59 Å². The molecule has 0 heterocycles. The van der Waals surface area contributed by atoms with Crippen molar-refractivity contribution in [3.63, 3.8) is 0 Å². The number of carboxylic acid groups (broad SMARTS) is 1. The summed E-state index contributed by atoms with van der Waals surface area (Å²) in [5.41, 5.74) is 0. The number of carboxylic acids is 1. The number of esters is 1. The summed E-state index contributed by atoms with van der Waals surface area (Å²) in [6, 6.07) is 0. The molecule has 1 atom stereocenters. The van der Waals surface area contributed by atoms with Gasteiger partial charge < -0.3 is 9.84 Å². The number of allylic oxidation sites excluding steroid dienone is 11. The quantitative estimate of drug-likeness (QED) is 0.0390. The number of unbranched alkanes of at least 4 members (excludes halogenated alkanes) is 20. The molecule has 0 aromatic rings. The third-order valence-electron chi connectivity index (χ3n) is 9.40. The lowest BCUT2D eigenvalue weighted by molar-refractivity contribution is -0.147. The number of hydrogen-bond donors (Lipinski definition) is 1. The topological polar surface area (TPSA) is 63.6 Å². The molecule has 1 unspecified atom stereocenters. The van der Waals surface area contributed by atoms with Crippen molar-refractivity contribution in [1.29, 1.82) is 0 Å². The van der Waals surface area contributed by atoms with Gasteiger partial charge in [-0.2, -0.15) is 0 Å². The average Bonchev–Trinajstić information content (AvgIpc) is 3.13. The number of carbonyl (C=O) groups excluding carboxylic acids is 1. The van der Waals surface area contributed by atoms with Gasteiger partial charge in [0.15, 0.2) is 0 Å². The van der Waals surface area contributed by atoms with Gasteiger partial charge in [0.25, 0.3) is 0 Å². The normalized spacial score (nSPS) is 13.0. The fourth-order valence-corrected chi connectivity index (χ4v) is 6.18. The predicted molar refractivity (Wildman–Crippen MR) is 227 cm³/mol. The van der Waals surface area contributed by atoms with Gasteiger partial charge >= 0.3 is 11.9 Å². The smallest absolute Gasteiger partial charge is 0.306 e. The highest BCUT2D eigenvalue weighted by Crippen LogP contribution is 2.15. The zero-order valence-corrected chi connectivity index (χ0v) is 34.1. The third-order valence-corrected chi connectivity index (χ3v) is 9.40. The molecule has 0 aliphatic heterocycles. The van der Waals surface area contributed by atoms with Crippen LogP contribution in [0.25, 0.3) is 0 Å². The van der Waals surface area contributed by atoms with E-state index >= 15 is 0 Å². The molecule has 298 valence electrons. The second kappa shape index (κ2) is 42.8. The molecule has 0 radical (unpaired) electrons. The Morgan fingerprint density at radius 1 is 0.462 bits per heavy atom. The van der Waals surface area contributed by atoms with Crippen LogP contribution < -0.4 is 0 Å². The van der Waals surface area contributed by atoms with E-state index in [0.29, 0.717) is 19.3 Å².